The van der Waals surface area contributed by atoms with Crippen molar-refractivity contribution < 1.29 is 19.9 Å². The summed E-state index contributed by atoms with van der Waals surface area (Å²) in [5, 5.41) is 31.0. The van der Waals surface area contributed by atoms with Gasteiger partial charge in [0.2, 0.25) is 0 Å². The number of non-ortho nitro benzene ring substituents is 1. The molecule has 7 heteroatoms. The first-order valence-corrected chi connectivity index (χ1v) is 5.86. The van der Waals surface area contributed by atoms with Gasteiger partial charge in [0.05, 0.1) is 10.5 Å². The Kier molecular flexibility index (Phi) is 3.39. The number of aliphatic hydroxyl groups is 1. The van der Waals surface area contributed by atoms with Crippen molar-refractivity contribution >= 4 is 11.8 Å². The van der Waals surface area contributed by atoms with Crippen molar-refractivity contribution in [2.24, 2.45) is 5.92 Å². The van der Waals surface area contributed by atoms with E-state index in [4.69, 9.17) is 10.2 Å². The Bertz CT molecular complexity index is 519. The van der Waals surface area contributed by atoms with Crippen LogP contribution in [-0.4, -0.2) is 27.8 Å². The molecule has 2 unspecified atom stereocenters. The van der Waals surface area contributed by atoms with E-state index in [-0.39, 0.29) is 18.2 Å². The van der Waals surface area contributed by atoms with E-state index in [0.717, 1.165) is 0 Å². The molecule has 1 fully saturated rings. The van der Waals surface area contributed by atoms with Crippen molar-refractivity contribution in [2.45, 2.75) is 18.4 Å². The van der Waals surface area contributed by atoms with E-state index in [0.29, 0.717) is 18.4 Å². The number of benzene rings is 1. The molecule has 0 radical (unpaired) electrons. The molecule has 1 amide bonds. The van der Waals surface area contributed by atoms with E-state index in [9.17, 15) is 14.9 Å². The quantitative estimate of drug-likeness (QED) is 0.551. The molecule has 0 aliphatic heterocycles. The number of nitro benzene ring substituents is 1. The molecule has 0 bridgehead atoms. The lowest BCUT2D eigenvalue weighted by Gasteiger charge is -2.18. The summed E-state index contributed by atoms with van der Waals surface area (Å²) in [6.07, 6.45) is -0.170. The molecule has 1 aromatic carbocycles. The standard InChI is InChI=1S/C12H14N2O5/c15-5-4-9-7-12(9,13-11(16)17)8-2-1-3-10(6-8)14(18)19/h1-3,6,9,13,15H,4-5,7H2,(H,16,17). The first kappa shape index (κ1) is 13.3. The van der Waals surface area contributed by atoms with Gasteiger partial charge in [-0.25, -0.2) is 4.79 Å². The lowest BCUT2D eigenvalue weighted by Crippen LogP contribution is -2.35. The van der Waals surface area contributed by atoms with Gasteiger partial charge in [0, 0.05) is 18.7 Å². The monoisotopic (exact) mass is 266 g/mol. The fourth-order valence-corrected chi connectivity index (χ4v) is 2.50. The number of carbonyl (C=O) groups is 1. The van der Waals surface area contributed by atoms with Gasteiger partial charge in [-0.1, -0.05) is 12.1 Å². The number of nitrogens with zero attached hydrogens (tertiary/aromatic N) is 1. The van der Waals surface area contributed by atoms with Crippen LogP contribution >= 0.6 is 0 Å². The van der Waals surface area contributed by atoms with E-state index < -0.39 is 16.6 Å². The van der Waals surface area contributed by atoms with Gasteiger partial charge in [-0.15, -0.1) is 0 Å². The van der Waals surface area contributed by atoms with Crippen LogP contribution in [0.25, 0.3) is 0 Å². The van der Waals surface area contributed by atoms with Gasteiger partial charge >= 0.3 is 6.09 Å². The summed E-state index contributed by atoms with van der Waals surface area (Å²) in [7, 11) is 0. The number of hydrogen-bond donors (Lipinski definition) is 3. The van der Waals surface area contributed by atoms with Crippen molar-refractivity contribution in [3.05, 3.63) is 39.9 Å². The summed E-state index contributed by atoms with van der Waals surface area (Å²) < 4.78 is 0. The second kappa shape index (κ2) is 4.85. The summed E-state index contributed by atoms with van der Waals surface area (Å²) in [4.78, 5) is 21.1. The molecular formula is C12H14N2O5. The molecule has 0 aromatic heterocycles. The van der Waals surface area contributed by atoms with Crippen LogP contribution < -0.4 is 5.32 Å². The summed E-state index contributed by atoms with van der Waals surface area (Å²) in [5.41, 5.74) is -0.304. The van der Waals surface area contributed by atoms with Crippen LogP contribution in [0.5, 0.6) is 0 Å². The number of nitrogens with one attached hydrogen (secondary N) is 1. The molecule has 1 aliphatic carbocycles. The average Bonchev–Trinajstić information content (AvgIpc) is 3.03. The fraction of sp³-hybridized carbons (Fsp3) is 0.417. The maximum Gasteiger partial charge on any atom is 0.405 e. The molecule has 0 spiro atoms. The van der Waals surface area contributed by atoms with Gasteiger partial charge in [-0.3, -0.25) is 10.1 Å². The zero-order valence-electron chi connectivity index (χ0n) is 10.1. The Morgan fingerprint density at radius 2 is 2.32 bits per heavy atom. The van der Waals surface area contributed by atoms with Crippen molar-refractivity contribution in [3.63, 3.8) is 0 Å². The number of amides is 1. The maximum atomic E-state index is 10.9. The highest BCUT2D eigenvalue weighted by atomic mass is 16.6. The Hall–Kier alpha value is -2.15. The largest absolute Gasteiger partial charge is 0.465 e. The lowest BCUT2D eigenvalue weighted by atomic mass is 10.0. The zero-order valence-corrected chi connectivity index (χ0v) is 10.1. The van der Waals surface area contributed by atoms with E-state index in [2.05, 4.69) is 5.32 Å². The molecule has 3 N–H and O–H groups in total. The topological polar surface area (TPSA) is 113 Å². The molecule has 0 heterocycles. The maximum absolute atomic E-state index is 10.9. The molecular weight excluding hydrogens is 252 g/mol. The molecule has 7 nitrogen and oxygen atoms in total. The summed E-state index contributed by atoms with van der Waals surface area (Å²) in [6, 6.07) is 5.95. The van der Waals surface area contributed by atoms with E-state index in [1.165, 1.54) is 18.2 Å². The normalized spacial score (nSPS) is 24.8. The van der Waals surface area contributed by atoms with E-state index in [1.807, 2.05) is 0 Å². The van der Waals surface area contributed by atoms with Crippen LogP contribution in [0.4, 0.5) is 10.5 Å². The average molecular weight is 266 g/mol. The minimum absolute atomic E-state index is 0.0318. The molecule has 2 atom stereocenters. The van der Waals surface area contributed by atoms with Gasteiger partial charge in [0.25, 0.3) is 5.69 Å². The van der Waals surface area contributed by atoms with Gasteiger partial charge in [0.15, 0.2) is 0 Å². The Labute approximate surface area is 109 Å². The second-order valence-electron chi connectivity index (χ2n) is 4.62. The van der Waals surface area contributed by atoms with Crippen LogP contribution in [0.2, 0.25) is 0 Å². The Morgan fingerprint density at radius 3 is 2.89 bits per heavy atom. The Balaban J connectivity index is 2.32. The lowest BCUT2D eigenvalue weighted by molar-refractivity contribution is -0.385. The van der Waals surface area contributed by atoms with Gasteiger partial charge in [-0.2, -0.15) is 0 Å². The van der Waals surface area contributed by atoms with E-state index in [1.54, 1.807) is 6.07 Å². The van der Waals surface area contributed by atoms with Crippen molar-refractivity contribution in [1.82, 2.24) is 5.32 Å². The molecule has 2 rings (SSSR count). The van der Waals surface area contributed by atoms with Gasteiger partial charge < -0.3 is 15.5 Å². The molecule has 1 aliphatic rings. The molecule has 19 heavy (non-hydrogen) atoms. The number of hydrogen-bond acceptors (Lipinski definition) is 4. The Morgan fingerprint density at radius 1 is 1.58 bits per heavy atom. The van der Waals surface area contributed by atoms with Crippen molar-refractivity contribution in [1.29, 1.82) is 0 Å². The fourth-order valence-electron chi connectivity index (χ4n) is 2.50. The van der Waals surface area contributed by atoms with Crippen LogP contribution in [0.3, 0.4) is 0 Å². The number of carboxylic acid groups (broad SMARTS) is 1. The highest BCUT2D eigenvalue weighted by Crippen LogP contribution is 2.54. The first-order chi connectivity index (χ1) is 8.99. The smallest absolute Gasteiger partial charge is 0.405 e. The van der Waals surface area contributed by atoms with Crippen molar-refractivity contribution in [2.75, 3.05) is 6.61 Å². The molecule has 102 valence electrons. The molecule has 1 saturated carbocycles. The minimum Gasteiger partial charge on any atom is -0.465 e. The predicted molar refractivity (Wildman–Crippen MR) is 65.7 cm³/mol. The molecule has 0 saturated heterocycles. The van der Waals surface area contributed by atoms with E-state index >= 15 is 0 Å². The third-order valence-electron chi connectivity index (χ3n) is 3.48. The van der Waals surface area contributed by atoms with Crippen LogP contribution in [0.15, 0.2) is 24.3 Å². The highest BCUT2D eigenvalue weighted by molar-refractivity contribution is 5.67. The first-order valence-electron chi connectivity index (χ1n) is 5.86. The van der Waals surface area contributed by atoms with Gasteiger partial charge in [0.1, 0.15) is 0 Å². The third-order valence-corrected chi connectivity index (χ3v) is 3.48. The third kappa shape index (κ3) is 2.50. The van der Waals surface area contributed by atoms with Crippen molar-refractivity contribution in [3.8, 4) is 0 Å². The number of aliphatic hydroxyl groups excluding tert-OH is 1. The minimum atomic E-state index is -1.17. The second-order valence-corrected chi connectivity index (χ2v) is 4.62. The van der Waals surface area contributed by atoms with Crippen LogP contribution in [0.1, 0.15) is 18.4 Å². The van der Waals surface area contributed by atoms with Crippen LogP contribution in [0, 0.1) is 16.0 Å². The predicted octanol–water partition coefficient (Wildman–Crippen LogP) is 1.46. The molecule has 1 aromatic rings. The summed E-state index contributed by atoms with van der Waals surface area (Å²) in [6.45, 7) is -0.0390. The zero-order chi connectivity index (χ0) is 14.0. The van der Waals surface area contributed by atoms with Crippen LogP contribution in [-0.2, 0) is 5.54 Å². The highest BCUT2D eigenvalue weighted by Gasteiger charge is 2.56. The summed E-state index contributed by atoms with van der Waals surface area (Å²) >= 11 is 0. The number of rotatable bonds is 5. The SMILES string of the molecule is O=C(O)NC1(c2cccc([N+](=O)[O-])c2)CC1CCO. The van der Waals surface area contributed by atoms with Gasteiger partial charge in [-0.05, 0) is 24.3 Å². The number of nitro groups is 1. The summed E-state index contributed by atoms with van der Waals surface area (Å²) in [5.74, 6) is -0.0318.